The van der Waals surface area contributed by atoms with E-state index in [0.29, 0.717) is 12.2 Å². The van der Waals surface area contributed by atoms with Crippen LogP contribution in [-0.2, 0) is 11.2 Å². The van der Waals surface area contributed by atoms with Gasteiger partial charge in [-0.3, -0.25) is 4.79 Å². The molecule has 0 bridgehead atoms. The molecule has 1 aliphatic rings. The van der Waals surface area contributed by atoms with E-state index < -0.39 is 0 Å². The Bertz CT molecular complexity index is 403. The molecule has 17 heavy (non-hydrogen) atoms. The quantitative estimate of drug-likeness (QED) is 0.805. The summed E-state index contributed by atoms with van der Waals surface area (Å²) in [7, 11) is 0. The second kappa shape index (κ2) is 4.59. The molecule has 0 saturated heterocycles. The van der Waals surface area contributed by atoms with Gasteiger partial charge in [0.1, 0.15) is 17.9 Å². The summed E-state index contributed by atoms with van der Waals surface area (Å²) in [6.07, 6.45) is 6.38. The van der Waals surface area contributed by atoms with Gasteiger partial charge in [0.2, 0.25) is 0 Å². The highest BCUT2D eigenvalue weighted by Gasteiger charge is 2.36. The first kappa shape index (κ1) is 12.3. The van der Waals surface area contributed by atoms with Gasteiger partial charge >= 0.3 is 0 Å². The van der Waals surface area contributed by atoms with Crippen LogP contribution in [0.25, 0.3) is 0 Å². The summed E-state index contributed by atoms with van der Waals surface area (Å²) in [5, 5.41) is 4.17. The minimum Gasteiger partial charge on any atom is -0.299 e. The Hall–Kier alpha value is -1.19. The van der Waals surface area contributed by atoms with Gasteiger partial charge in [-0.1, -0.05) is 19.8 Å². The summed E-state index contributed by atoms with van der Waals surface area (Å²) in [5.74, 6) is 1.13. The molecule has 0 N–H and O–H groups in total. The van der Waals surface area contributed by atoms with Crippen molar-refractivity contribution in [2.24, 2.45) is 5.41 Å². The highest BCUT2D eigenvalue weighted by molar-refractivity contribution is 5.86. The van der Waals surface area contributed by atoms with Crippen LogP contribution in [0.5, 0.6) is 0 Å². The lowest BCUT2D eigenvalue weighted by Gasteiger charge is -2.21. The Labute approximate surface area is 102 Å². The van der Waals surface area contributed by atoms with Gasteiger partial charge in [0, 0.05) is 11.5 Å². The molecule has 0 radical (unpaired) electrons. The zero-order chi connectivity index (χ0) is 12.5. The molecule has 1 heterocycles. The van der Waals surface area contributed by atoms with Crippen LogP contribution in [-0.4, -0.2) is 20.5 Å². The first-order valence-electron chi connectivity index (χ1n) is 6.44. The highest BCUT2D eigenvalue weighted by Crippen LogP contribution is 2.38. The van der Waals surface area contributed by atoms with Crippen LogP contribution in [0.3, 0.4) is 0 Å². The summed E-state index contributed by atoms with van der Waals surface area (Å²) in [4.78, 5) is 16.5. The second-order valence-electron chi connectivity index (χ2n) is 5.58. The number of hydrogen-bond acceptors (Lipinski definition) is 3. The molecule has 2 rings (SSSR count). The minimum absolute atomic E-state index is 0.117. The maximum Gasteiger partial charge on any atom is 0.146 e. The van der Waals surface area contributed by atoms with Crippen molar-refractivity contribution in [1.29, 1.82) is 0 Å². The molecule has 1 aromatic heterocycles. The molecule has 4 heteroatoms. The van der Waals surface area contributed by atoms with Crippen molar-refractivity contribution in [3.63, 3.8) is 0 Å². The van der Waals surface area contributed by atoms with Gasteiger partial charge in [-0.15, -0.1) is 0 Å². The van der Waals surface area contributed by atoms with Gasteiger partial charge in [-0.05, 0) is 26.7 Å². The van der Waals surface area contributed by atoms with Crippen LogP contribution in [0.4, 0.5) is 0 Å². The summed E-state index contributed by atoms with van der Waals surface area (Å²) < 4.78 is 1.84. The average molecular weight is 235 g/mol. The number of carbonyl (C=O) groups excluding carboxylic acids is 1. The van der Waals surface area contributed by atoms with E-state index >= 15 is 0 Å². The van der Waals surface area contributed by atoms with Crippen LogP contribution in [0.2, 0.25) is 0 Å². The van der Waals surface area contributed by atoms with E-state index in [9.17, 15) is 4.79 Å². The summed E-state index contributed by atoms with van der Waals surface area (Å²) in [6.45, 7) is 6.21. The third-order valence-electron chi connectivity index (χ3n) is 3.84. The van der Waals surface area contributed by atoms with E-state index in [4.69, 9.17) is 0 Å². The molecule has 1 aromatic rings. The van der Waals surface area contributed by atoms with Gasteiger partial charge in [0.05, 0.1) is 6.42 Å². The maximum absolute atomic E-state index is 12.3. The predicted molar refractivity (Wildman–Crippen MR) is 65.7 cm³/mol. The lowest BCUT2D eigenvalue weighted by atomic mass is 9.82. The minimum atomic E-state index is -0.117. The number of aromatic nitrogens is 3. The summed E-state index contributed by atoms with van der Waals surface area (Å²) in [6, 6.07) is 0.261. The van der Waals surface area contributed by atoms with Crippen LogP contribution >= 0.6 is 0 Å². The molecule has 1 saturated carbocycles. The molecular formula is C13H21N3O. The molecule has 0 spiro atoms. The molecule has 0 amide bonds. The fourth-order valence-corrected chi connectivity index (χ4v) is 2.62. The van der Waals surface area contributed by atoms with Crippen molar-refractivity contribution >= 4 is 5.78 Å². The Morgan fingerprint density at radius 3 is 2.71 bits per heavy atom. The number of rotatable bonds is 4. The van der Waals surface area contributed by atoms with E-state index in [2.05, 4.69) is 30.9 Å². The zero-order valence-corrected chi connectivity index (χ0v) is 10.9. The topological polar surface area (TPSA) is 47.8 Å². The van der Waals surface area contributed by atoms with Crippen LogP contribution in [0.1, 0.15) is 58.3 Å². The average Bonchev–Trinajstić information content (AvgIpc) is 2.87. The monoisotopic (exact) mass is 235 g/mol. The Balaban J connectivity index is 2.10. The molecule has 0 aliphatic heterocycles. The molecule has 0 aromatic carbocycles. The van der Waals surface area contributed by atoms with Crippen LogP contribution < -0.4 is 0 Å². The second-order valence-corrected chi connectivity index (χ2v) is 5.58. The van der Waals surface area contributed by atoms with Gasteiger partial charge in [-0.2, -0.15) is 5.10 Å². The summed E-state index contributed by atoms with van der Waals surface area (Å²) >= 11 is 0. The fourth-order valence-electron chi connectivity index (χ4n) is 2.62. The molecule has 1 fully saturated rings. The first-order valence-corrected chi connectivity index (χ1v) is 6.44. The molecule has 0 unspecified atom stereocenters. The molecule has 0 atom stereocenters. The Morgan fingerprint density at radius 2 is 2.12 bits per heavy atom. The fraction of sp³-hybridized carbons (Fsp3) is 0.769. The molecule has 1 aliphatic carbocycles. The summed E-state index contributed by atoms with van der Waals surface area (Å²) in [5.41, 5.74) is -0.117. The van der Waals surface area contributed by atoms with Crippen molar-refractivity contribution in [2.75, 3.05) is 0 Å². The van der Waals surface area contributed by atoms with Crippen molar-refractivity contribution < 1.29 is 4.79 Å². The van der Waals surface area contributed by atoms with E-state index in [1.54, 1.807) is 6.33 Å². The van der Waals surface area contributed by atoms with Crippen molar-refractivity contribution in [3.8, 4) is 0 Å². The van der Waals surface area contributed by atoms with Crippen molar-refractivity contribution in [2.45, 2.75) is 58.9 Å². The van der Waals surface area contributed by atoms with Crippen LogP contribution in [0, 0.1) is 5.41 Å². The maximum atomic E-state index is 12.3. The molecule has 94 valence electrons. The Morgan fingerprint density at radius 1 is 1.47 bits per heavy atom. The van der Waals surface area contributed by atoms with E-state index in [1.165, 1.54) is 12.8 Å². The zero-order valence-electron chi connectivity index (χ0n) is 10.9. The largest absolute Gasteiger partial charge is 0.299 e. The van der Waals surface area contributed by atoms with Crippen LogP contribution in [0.15, 0.2) is 6.33 Å². The van der Waals surface area contributed by atoms with E-state index in [0.717, 1.165) is 18.7 Å². The van der Waals surface area contributed by atoms with Crippen molar-refractivity contribution in [1.82, 2.24) is 14.8 Å². The first-order chi connectivity index (χ1) is 8.03. The SMILES string of the molecule is CC(C)n1ncnc1CC(=O)C1(C)CCCC1. The number of ketones is 1. The Kier molecular flexibility index (Phi) is 3.31. The van der Waals surface area contributed by atoms with Crippen molar-refractivity contribution in [3.05, 3.63) is 12.2 Å². The van der Waals surface area contributed by atoms with Gasteiger partial charge in [0.25, 0.3) is 0 Å². The number of Topliss-reactive ketones (excluding diaryl/α,β-unsaturated/α-hetero) is 1. The number of nitrogens with zero attached hydrogens (tertiary/aromatic N) is 3. The normalized spacial score (nSPS) is 18.8. The lowest BCUT2D eigenvalue weighted by molar-refractivity contribution is -0.127. The third kappa shape index (κ3) is 2.40. The third-order valence-corrected chi connectivity index (χ3v) is 3.84. The van der Waals surface area contributed by atoms with Gasteiger partial charge < -0.3 is 0 Å². The standard InChI is InChI=1S/C13H21N3O/c1-10(2)16-12(14-9-15-16)8-11(17)13(3)6-4-5-7-13/h9-10H,4-8H2,1-3H3. The predicted octanol–water partition coefficient (Wildman–Crippen LogP) is 2.55. The smallest absolute Gasteiger partial charge is 0.146 e. The van der Waals surface area contributed by atoms with Gasteiger partial charge in [-0.25, -0.2) is 9.67 Å². The lowest BCUT2D eigenvalue weighted by Crippen LogP contribution is -2.27. The number of carbonyl (C=O) groups is 1. The van der Waals surface area contributed by atoms with Gasteiger partial charge in [0.15, 0.2) is 0 Å². The molecule has 4 nitrogen and oxygen atoms in total. The van der Waals surface area contributed by atoms with E-state index in [-0.39, 0.29) is 11.5 Å². The number of hydrogen-bond donors (Lipinski definition) is 0. The van der Waals surface area contributed by atoms with E-state index in [1.807, 2.05) is 4.68 Å². The molecular weight excluding hydrogens is 214 g/mol. The highest BCUT2D eigenvalue weighted by atomic mass is 16.1.